The van der Waals surface area contributed by atoms with E-state index in [0.717, 1.165) is 17.0 Å². The molecule has 2 aromatic rings. The minimum Gasteiger partial charge on any atom is -0.491 e. The van der Waals surface area contributed by atoms with Crippen molar-refractivity contribution in [3.05, 3.63) is 54.1 Å². The van der Waals surface area contributed by atoms with Gasteiger partial charge in [0.2, 0.25) is 0 Å². The van der Waals surface area contributed by atoms with Crippen LogP contribution in [0.15, 0.2) is 48.5 Å². The van der Waals surface area contributed by atoms with Crippen molar-refractivity contribution in [3.8, 4) is 11.5 Å². The van der Waals surface area contributed by atoms with E-state index in [-0.39, 0.29) is 12.0 Å². The number of ether oxygens (including phenoxy) is 2. The van der Waals surface area contributed by atoms with E-state index < -0.39 is 6.10 Å². The lowest BCUT2D eigenvalue weighted by molar-refractivity contribution is -0.122. The average Bonchev–Trinajstić information content (AvgIpc) is 2.54. The molecule has 0 aromatic heterocycles. The lowest BCUT2D eigenvalue weighted by atomic mass is 10.2. The molecule has 1 amide bonds. The summed E-state index contributed by atoms with van der Waals surface area (Å²) in [4.78, 5) is 12.4. The zero-order valence-corrected chi connectivity index (χ0v) is 14.7. The first-order valence-corrected chi connectivity index (χ1v) is 8.29. The number of amides is 1. The Kier molecular flexibility index (Phi) is 6.24. The first-order chi connectivity index (χ1) is 11.5. The van der Waals surface area contributed by atoms with E-state index >= 15 is 0 Å². The molecule has 0 aliphatic carbocycles. The molecule has 0 saturated carbocycles. The van der Waals surface area contributed by atoms with Gasteiger partial charge in [-0.3, -0.25) is 4.79 Å². The Labute approximate surface area is 143 Å². The second-order valence-corrected chi connectivity index (χ2v) is 6.01. The van der Waals surface area contributed by atoms with Crippen LogP contribution in [0.1, 0.15) is 32.8 Å². The number of rotatable bonds is 7. The Hall–Kier alpha value is -2.49. The zero-order valence-electron chi connectivity index (χ0n) is 14.7. The molecule has 2 aromatic carbocycles. The summed E-state index contributed by atoms with van der Waals surface area (Å²) >= 11 is 0. The minimum absolute atomic E-state index is 0.123. The Balaban J connectivity index is 1.98. The number of nitrogens with one attached hydrogen (secondary N) is 1. The molecule has 0 radical (unpaired) electrons. The Morgan fingerprint density at radius 1 is 1.04 bits per heavy atom. The molecule has 0 fully saturated rings. The van der Waals surface area contributed by atoms with Crippen molar-refractivity contribution in [3.63, 3.8) is 0 Å². The zero-order chi connectivity index (χ0) is 17.5. The van der Waals surface area contributed by atoms with E-state index in [0.29, 0.717) is 12.2 Å². The normalized spacial score (nSPS) is 11.9. The van der Waals surface area contributed by atoms with Gasteiger partial charge in [-0.1, -0.05) is 19.1 Å². The van der Waals surface area contributed by atoms with Gasteiger partial charge >= 0.3 is 0 Å². The molecule has 4 nitrogen and oxygen atoms in total. The standard InChI is InChI=1S/C20H25NO3/c1-5-19(24-18-8-6-7-15(4)13-18)20(22)21-16-9-11-17(12-10-16)23-14(2)3/h6-14,19H,5H2,1-4H3,(H,21,22)/t19-/m1/s1. The maximum Gasteiger partial charge on any atom is 0.265 e. The van der Waals surface area contributed by atoms with E-state index in [9.17, 15) is 4.79 Å². The van der Waals surface area contributed by atoms with Crippen molar-refractivity contribution in [2.75, 3.05) is 5.32 Å². The van der Waals surface area contributed by atoms with Crippen LogP contribution >= 0.6 is 0 Å². The summed E-state index contributed by atoms with van der Waals surface area (Å²) in [5.41, 5.74) is 1.82. The molecule has 2 rings (SSSR count). The van der Waals surface area contributed by atoms with Gasteiger partial charge in [-0.2, -0.15) is 0 Å². The number of carbonyl (C=O) groups excluding carboxylic acids is 1. The van der Waals surface area contributed by atoms with Crippen LogP contribution < -0.4 is 14.8 Å². The highest BCUT2D eigenvalue weighted by atomic mass is 16.5. The molecule has 0 bridgehead atoms. The van der Waals surface area contributed by atoms with Gasteiger partial charge < -0.3 is 14.8 Å². The molecular weight excluding hydrogens is 302 g/mol. The molecule has 0 aliphatic heterocycles. The van der Waals surface area contributed by atoms with Crippen LogP contribution in [0.3, 0.4) is 0 Å². The molecule has 128 valence electrons. The Morgan fingerprint density at radius 2 is 1.75 bits per heavy atom. The fraction of sp³-hybridized carbons (Fsp3) is 0.350. The molecule has 4 heteroatoms. The highest BCUT2D eigenvalue weighted by molar-refractivity contribution is 5.94. The highest BCUT2D eigenvalue weighted by Gasteiger charge is 2.18. The third-order valence-electron chi connectivity index (χ3n) is 3.42. The lowest BCUT2D eigenvalue weighted by Crippen LogP contribution is -2.32. The van der Waals surface area contributed by atoms with Crippen LogP contribution in [0.25, 0.3) is 0 Å². The number of benzene rings is 2. The Morgan fingerprint density at radius 3 is 2.33 bits per heavy atom. The van der Waals surface area contributed by atoms with Crippen LogP contribution in [0.2, 0.25) is 0 Å². The van der Waals surface area contributed by atoms with Gasteiger partial charge in [-0.25, -0.2) is 0 Å². The number of carbonyl (C=O) groups is 1. The third-order valence-corrected chi connectivity index (χ3v) is 3.42. The molecule has 24 heavy (non-hydrogen) atoms. The van der Waals surface area contributed by atoms with Crippen molar-refractivity contribution in [1.29, 1.82) is 0 Å². The second kappa shape index (κ2) is 8.39. The molecule has 1 atom stereocenters. The maximum absolute atomic E-state index is 12.4. The summed E-state index contributed by atoms with van der Waals surface area (Å²) in [5.74, 6) is 1.33. The maximum atomic E-state index is 12.4. The number of hydrogen-bond donors (Lipinski definition) is 1. The van der Waals surface area contributed by atoms with Crippen molar-refractivity contribution in [2.24, 2.45) is 0 Å². The number of anilines is 1. The van der Waals surface area contributed by atoms with E-state index in [1.165, 1.54) is 0 Å². The highest BCUT2D eigenvalue weighted by Crippen LogP contribution is 2.19. The van der Waals surface area contributed by atoms with E-state index in [2.05, 4.69) is 5.32 Å². The largest absolute Gasteiger partial charge is 0.491 e. The van der Waals surface area contributed by atoms with E-state index in [1.54, 1.807) is 0 Å². The van der Waals surface area contributed by atoms with Gasteiger partial charge in [0.05, 0.1) is 6.10 Å². The fourth-order valence-corrected chi connectivity index (χ4v) is 2.29. The van der Waals surface area contributed by atoms with Crippen LogP contribution in [-0.4, -0.2) is 18.1 Å². The molecule has 0 unspecified atom stereocenters. The topological polar surface area (TPSA) is 47.6 Å². The van der Waals surface area contributed by atoms with Gasteiger partial charge in [0.25, 0.3) is 5.91 Å². The predicted octanol–water partition coefficient (Wildman–Crippen LogP) is 4.58. The number of hydrogen-bond acceptors (Lipinski definition) is 3. The summed E-state index contributed by atoms with van der Waals surface area (Å²) in [7, 11) is 0. The van der Waals surface area contributed by atoms with Crippen LogP contribution in [0.4, 0.5) is 5.69 Å². The SMILES string of the molecule is CC[C@@H](Oc1cccc(C)c1)C(=O)Nc1ccc(OC(C)C)cc1. The first-order valence-electron chi connectivity index (χ1n) is 8.29. The van der Waals surface area contributed by atoms with Gasteiger partial charge in [0.15, 0.2) is 6.10 Å². The summed E-state index contributed by atoms with van der Waals surface area (Å²) in [5, 5.41) is 2.89. The molecular formula is C20H25NO3. The van der Waals surface area contributed by atoms with E-state index in [4.69, 9.17) is 9.47 Å². The van der Waals surface area contributed by atoms with Crippen LogP contribution in [-0.2, 0) is 4.79 Å². The smallest absolute Gasteiger partial charge is 0.265 e. The summed E-state index contributed by atoms with van der Waals surface area (Å²) in [6, 6.07) is 15.0. The van der Waals surface area contributed by atoms with Crippen molar-refractivity contribution in [1.82, 2.24) is 0 Å². The fourth-order valence-electron chi connectivity index (χ4n) is 2.29. The van der Waals surface area contributed by atoms with Crippen LogP contribution in [0, 0.1) is 6.92 Å². The predicted molar refractivity (Wildman–Crippen MR) is 96.7 cm³/mol. The average molecular weight is 327 g/mol. The Bertz CT molecular complexity index is 665. The van der Waals surface area contributed by atoms with E-state index in [1.807, 2.05) is 76.2 Å². The van der Waals surface area contributed by atoms with Crippen molar-refractivity contribution < 1.29 is 14.3 Å². The summed E-state index contributed by atoms with van der Waals surface area (Å²) < 4.78 is 11.4. The molecule has 1 N–H and O–H groups in total. The van der Waals surface area contributed by atoms with Gasteiger partial charge in [-0.05, 0) is 69.2 Å². The molecule has 0 aliphatic rings. The summed E-state index contributed by atoms with van der Waals surface area (Å²) in [6.07, 6.45) is 0.185. The molecule has 0 saturated heterocycles. The van der Waals surface area contributed by atoms with Gasteiger partial charge in [0.1, 0.15) is 11.5 Å². The van der Waals surface area contributed by atoms with Crippen molar-refractivity contribution >= 4 is 11.6 Å². The van der Waals surface area contributed by atoms with Gasteiger partial charge in [-0.15, -0.1) is 0 Å². The van der Waals surface area contributed by atoms with Crippen molar-refractivity contribution in [2.45, 2.75) is 46.3 Å². The molecule has 0 heterocycles. The lowest BCUT2D eigenvalue weighted by Gasteiger charge is -2.18. The van der Waals surface area contributed by atoms with Gasteiger partial charge in [0, 0.05) is 5.69 Å². The van der Waals surface area contributed by atoms with Crippen LogP contribution in [0.5, 0.6) is 11.5 Å². The quantitative estimate of drug-likeness (QED) is 0.810. The first kappa shape index (κ1) is 17.9. The third kappa shape index (κ3) is 5.30. The monoisotopic (exact) mass is 327 g/mol. The summed E-state index contributed by atoms with van der Waals surface area (Å²) in [6.45, 7) is 7.88. The number of aryl methyl sites for hydroxylation is 1. The minimum atomic E-state index is -0.529. The molecule has 0 spiro atoms. The second-order valence-electron chi connectivity index (χ2n) is 6.01.